The molecule has 7 nitrogen and oxygen atoms in total. The minimum atomic E-state index is -2.86. The molecule has 6 aromatic rings. The second kappa shape index (κ2) is 11.7. The van der Waals surface area contributed by atoms with Gasteiger partial charge in [-0.1, -0.05) is 72.8 Å². The van der Waals surface area contributed by atoms with Gasteiger partial charge in [0.1, 0.15) is 35.0 Å². The summed E-state index contributed by atoms with van der Waals surface area (Å²) in [5, 5.41) is 24.2. The van der Waals surface area contributed by atoms with Crippen molar-refractivity contribution in [2.45, 2.75) is 5.78 Å². The smallest absolute Gasteiger partial charge is 0.269 e. The molecule has 42 heavy (non-hydrogen) atoms. The molecule has 1 atom stereocenters. The highest BCUT2D eigenvalue weighted by Gasteiger charge is 2.57. The molecule has 5 aromatic carbocycles. The van der Waals surface area contributed by atoms with E-state index in [2.05, 4.69) is 5.11 Å². The Morgan fingerprint density at radius 1 is 0.690 bits per heavy atom. The van der Waals surface area contributed by atoms with Crippen molar-refractivity contribution in [1.82, 2.24) is 0 Å². The van der Waals surface area contributed by atoms with E-state index < -0.39 is 18.0 Å². The first-order valence-corrected chi connectivity index (χ1v) is 15.2. The van der Waals surface area contributed by atoms with Crippen LogP contribution in [0.3, 0.4) is 0 Å². The number of fused-ring (bicyclic) bond motifs is 1. The molecule has 0 fully saturated rings. The number of nitro groups is 1. The number of para-hydroxylation sites is 1. The van der Waals surface area contributed by atoms with Crippen LogP contribution in [0.15, 0.2) is 160 Å². The SMILES string of the molecule is O=C(c1coc2ccccc12)[C@@H](N=Nc1ccc([N+](=O)[O-])cc1)[P+](c1ccccc1)(c1ccccc1)c1ccccc1. The highest BCUT2D eigenvalue weighted by Crippen LogP contribution is 2.61. The van der Waals surface area contributed by atoms with Gasteiger partial charge in [0.15, 0.2) is 0 Å². The highest BCUT2D eigenvalue weighted by atomic mass is 31.2. The maximum Gasteiger partial charge on any atom is 0.269 e. The summed E-state index contributed by atoms with van der Waals surface area (Å²) in [5.41, 5.74) is 1.38. The fourth-order valence-corrected chi connectivity index (χ4v) is 9.60. The number of nitrogens with zero attached hydrogens (tertiary/aromatic N) is 3. The Balaban J connectivity index is 1.64. The van der Waals surface area contributed by atoms with Gasteiger partial charge in [0.05, 0.1) is 16.2 Å². The van der Waals surface area contributed by atoms with E-state index in [0.717, 1.165) is 15.9 Å². The third-order valence-corrected chi connectivity index (χ3v) is 11.6. The molecular formula is C34H25N3O4P+. The van der Waals surface area contributed by atoms with Crippen molar-refractivity contribution in [3.63, 3.8) is 0 Å². The summed E-state index contributed by atoms with van der Waals surface area (Å²) >= 11 is 0. The molecule has 6 rings (SSSR count). The quantitative estimate of drug-likeness (QED) is 0.0587. The molecule has 0 unspecified atom stereocenters. The van der Waals surface area contributed by atoms with Crippen LogP contribution >= 0.6 is 7.26 Å². The van der Waals surface area contributed by atoms with E-state index in [0.29, 0.717) is 22.2 Å². The molecule has 1 aromatic heterocycles. The van der Waals surface area contributed by atoms with Crippen LogP contribution in [-0.4, -0.2) is 16.5 Å². The Hall–Kier alpha value is -5.26. The molecular weight excluding hydrogens is 545 g/mol. The molecule has 1 heterocycles. The number of rotatable bonds is 9. The average Bonchev–Trinajstić information content (AvgIpc) is 3.49. The summed E-state index contributed by atoms with van der Waals surface area (Å²) in [6, 6.07) is 43.2. The van der Waals surface area contributed by atoms with Crippen molar-refractivity contribution < 1.29 is 14.1 Å². The molecule has 0 saturated carbocycles. The first kappa shape index (κ1) is 26.9. The number of carbonyl (C=O) groups is 1. The van der Waals surface area contributed by atoms with Gasteiger partial charge >= 0.3 is 0 Å². The van der Waals surface area contributed by atoms with Gasteiger partial charge < -0.3 is 4.42 Å². The monoisotopic (exact) mass is 570 g/mol. The van der Waals surface area contributed by atoms with E-state index in [1.165, 1.54) is 30.5 Å². The molecule has 0 spiro atoms. The van der Waals surface area contributed by atoms with E-state index in [1.807, 2.05) is 115 Å². The summed E-state index contributed by atoms with van der Waals surface area (Å²) in [7, 11) is -2.86. The number of hydrogen-bond acceptors (Lipinski definition) is 6. The van der Waals surface area contributed by atoms with E-state index >= 15 is 0 Å². The van der Waals surface area contributed by atoms with Crippen molar-refractivity contribution >= 4 is 51.3 Å². The van der Waals surface area contributed by atoms with Crippen LogP contribution in [0.25, 0.3) is 11.0 Å². The predicted octanol–water partition coefficient (Wildman–Crippen LogP) is 7.63. The highest BCUT2D eigenvalue weighted by molar-refractivity contribution is 7.96. The van der Waals surface area contributed by atoms with Gasteiger partial charge in [-0.05, 0) is 54.6 Å². The van der Waals surface area contributed by atoms with Crippen molar-refractivity contribution in [3.8, 4) is 0 Å². The largest absolute Gasteiger partial charge is 0.464 e. The zero-order valence-electron chi connectivity index (χ0n) is 22.4. The van der Waals surface area contributed by atoms with Crippen molar-refractivity contribution in [3.05, 3.63) is 161 Å². The number of non-ortho nitro benzene ring substituents is 1. The first-order valence-electron chi connectivity index (χ1n) is 13.3. The van der Waals surface area contributed by atoms with Gasteiger partial charge in [-0.25, -0.2) is 0 Å². The predicted molar refractivity (Wildman–Crippen MR) is 167 cm³/mol. The summed E-state index contributed by atoms with van der Waals surface area (Å²) in [5.74, 6) is -1.20. The Labute approximate surface area is 242 Å². The van der Waals surface area contributed by atoms with Crippen molar-refractivity contribution in [1.29, 1.82) is 0 Å². The molecule has 0 N–H and O–H groups in total. The second-order valence-electron chi connectivity index (χ2n) is 9.60. The number of Topliss-reactive ketones (excluding diaryl/α,β-unsaturated/α-hetero) is 1. The van der Waals surface area contributed by atoms with Crippen molar-refractivity contribution in [2.75, 3.05) is 0 Å². The third kappa shape index (κ3) is 4.91. The van der Waals surface area contributed by atoms with Gasteiger partial charge in [0, 0.05) is 17.5 Å². The van der Waals surface area contributed by atoms with E-state index in [4.69, 9.17) is 9.53 Å². The molecule has 0 saturated heterocycles. The Morgan fingerprint density at radius 3 is 1.71 bits per heavy atom. The van der Waals surface area contributed by atoms with Crippen LogP contribution in [0.5, 0.6) is 0 Å². The lowest BCUT2D eigenvalue weighted by atomic mass is 10.1. The molecule has 0 amide bonds. The molecule has 0 radical (unpaired) electrons. The molecule has 8 heteroatoms. The van der Waals surface area contributed by atoms with Gasteiger partial charge in [-0.2, -0.15) is 5.11 Å². The van der Waals surface area contributed by atoms with Crippen LogP contribution in [-0.2, 0) is 0 Å². The number of furan rings is 1. The molecule has 0 aliphatic carbocycles. The van der Waals surface area contributed by atoms with Crippen molar-refractivity contribution in [2.24, 2.45) is 10.2 Å². The first-order chi connectivity index (χ1) is 20.6. The summed E-state index contributed by atoms with van der Waals surface area (Å²) in [6.45, 7) is 0. The molecule has 0 aliphatic rings. The lowest BCUT2D eigenvalue weighted by Gasteiger charge is -2.31. The van der Waals surface area contributed by atoms with Crippen LogP contribution in [0, 0.1) is 10.1 Å². The molecule has 204 valence electrons. The van der Waals surface area contributed by atoms with Gasteiger partial charge in [-0.3, -0.25) is 14.9 Å². The van der Waals surface area contributed by atoms with Crippen LogP contribution < -0.4 is 15.9 Å². The topological polar surface area (TPSA) is 98.1 Å². The summed E-state index contributed by atoms with van der Waals surface area (Å²) < 4.78 is 5.80. The zero-order valence-corrected chi connectivity index (χ0v) is 23.3. The Morgan fingerprint density at radius 2 is 1.19 bits per heavy atom. The molecule has 0 bridgehead atoms. The number of nitro benzene ring substituents is 1. The number of benzene rings is 5. The van der Waals surface area contributed by atoms with E-state index in [9.17, 15) is 14.9 Å². The summed E-state index contributed by atoms with van der Waals surface area (Å²) in [6.07, 6.45) is 1.50. The number of hydrogen-bond donors (Lipinski definition) is 0. The Kier molecular flexibility index (Phi) is 7.50. The van der Waals surface area contributed by atoms with Crippen LogP contribution in [0.1, 0.15) is 10.4 Å². The van der Waals surface area contributed by atoms with Gasteiger partial charge in [0.2, 0.25) is 5.78 Å². The lowest BCUT2D eigenvalue weighted by Crippen LogP contribution is -2.41. The number of azo groups is 1. The zero-order chi connectivity index (χ0) is 28.9. The number of carbonyl (C=O) groups excluding carboxylic acids is 1. The minimum Gasteiger partial charge on any atom is -0.464 e. The minimum absolute atomic E-state index is 0.0499. The summed E-state index contributed by atoms with van der Waals surface area (Å²) in [4.78, 5) is 25.6. The van der Waals surface area contributed by atoms with Crippen LogP contribution in [0.2, 0.25) is 0 Å². The maximum absolute atomic E-state index is 14.9. The van der Waals surface area contributed by atoms with E-state index in [-0.39, 0.29) is 11.5 Å². The number of ketones is 1. The average molecular weight is 571 g/mol. The fraction of sp³-hybridized carbons (Fsp3) is 0.0294. The molecule has 0 aliphatic heterocycles. The Bertz CT molecular complexity index is 1780. The maximum atomic E-state index is 14.9. The van der Waals surface area contributed by atoms with Gasteiger partial charge in [0.25, 0.3) is 11.5 Å². The second-order valence-corrected chi connectivity index (χ2v) is 13.1. The van der Waals surface area contributed by atoms with Gasteiger partial charge in [-0.15, -0.1) is 5.11 Å². The fourth-order valence-electron chi connectivity index (χ4n) is 5.24. The van der Waals surface area contributed by atoms with E-state index in [1.54, 1.807) is 0 Å². The standard InChI is InChI=1S/C34H25N3O4P/c38-33(31-24-41-32-19-11-10-18-30(31)32)34(36-35-25-20-22-26(23-21-25)37(39)40)42(27-12-4-1-5-13-27,28-14-6-2-7-15-28)29-16-8-3-9-17-29/h1-24,34H/q+1/t34-/m0/s1. The third-order valence-electron chi connectivity index (χ3n) is 7.18. The normalized spacial score (nSPS) is 12.4. The van der Waals surface area contributed by atoms with Crippen LogP contribution in [0.4, 0.5) is 11.4 Å². The lowest BCUT2D eigenvalue weighted by molar-refractivity contribution is -0.384.